The van der Waals surface area contributed by atoms with Crippen molar-refractivity contribution in [3.8, 4) is 0 Å². The van der Waals surface area contributed by atoms with Gasteiger partial charge in [-0.1, -0.05) is 0 Å². The summed E-state index contributed by atoms with van der Waals surface area (Å²) in [4.78, 5) is 12.1. The SMILES string of the molecule is C[C@H](O)CNC(=O)c1cc(S(=O)(=O)N2CCCC2)cn1C. The number of aliphatic hydroxyl groups excluding tert-OH is 1. The van der Waals surface area contributed by atoms with Crippen molar-refractivity contribution in [1.29, 1.82) is 0 Å². The first kappa shape index (κ1) is 16.0. The van der Waals surface area contributed by atoms with E-state index in [2.05, 4.69) is 5.32 Å². The third-order valence-electron chi connectivity index (χ3n) is 3.47. The Balaban J connectivity index is 2.20. The fraction of sp³-hybridized carbons (Fsp3) is 0.615. The van der Waals surface area contributed by atoms with E-state index in [0.29, 0.717) is 13.1 Å². The van der Waals surface area contributed by atoms with Crippen LogP contribution in [0.15, 0.2) is 17.2 Å². The number of nitrogens with one attached hydrogen (secondary N) is 1. The maximum Gasteiger partial charge on any atom is 0.268 e. The van der Waals surface area contributed by atoms with Crippen molar-refractivity contribution >= 4 is 15.9 Å². The summed E-state index contributed by atoms with van der Waals surface area (Å²) >= 11 is 0. The zero-order valence-electron chi connectivity index (χ0n) is 12.2. The second kappa shape index (κ2) is 6.17. The Bertz CT molecular complexity index is 615. The van der Waals surface area contributed by atoms with Gasteiger partial charge in [-0.25, -0.2) is 8.42 Å². The van der Waals surface area contributed by atoms with Crippen LogP contribution in [0.25, 0.3) is 0 Å². The Kier molecular flexibility index (Phi) is 4.70. The van der Waals surface area contributed by atoms with Crippen LogP contribution in [0.4, 0.5) is 0 Å². The van der Waals surface area contributed by atoms with Crippen LogP contribution in [0.5, 0.6) is 0 Å². The maximum absolute atomic E-state index is 12.4. The second-order valence-corrected chi connectivity index (χ2v) is 7.28. The van der Waals surface area contributed by atoms with Gasteiger partial charge in [-0.3, -0.25) is 4.79 Å². The predicted octanol–water partition coefficient (Wildman–Crippen LogP) is -0.0798. The number of sulfonamides is 1. The number of rotatable bonds is 5. The Labute approximate surface area is 124 Å². The third kappa shape index (κ3) is 3.45. The third-order valence-corrected chi connectivity index (χ3v) is 5.34. The lowest BCUT2D eigenvalue weighted by atomic mass is 10.3. The lowest BCUT2D eigenvalue weighted by Gasteiger charge is -2.13. The summed E-state index contributed by atoms with van der Waals surface area (Å²) in [6, 6.07) is 1.38. The summed E-state index contributed by atoms with van der Waals surface area (Å²) in [5.74, 6) is -0.402. The van der Waals surface area contributed by atoms with Crippen LogP contribution < -0.4 is 5.32 Å². The molecule has 0 aliphatic carbocycles. The van der Waals surface area contributed by atoms with E-state index in [4.69, 9.17) is 0 Å². The molecule has 2 rings (SSSR count). The Hall–Kier alpha value is -1.38. The molecular formula is C13H21N3O4S. The number of amides is 1. The molecule has 1 amide bonds. The van der Waals surface area contributed by atoms with Gasteiger partial charge in [0, 0.05) is 32.9 Å². The quantitative estimate of drug-likeness (QED) is 0.795. The highest BCUT2D eigenvalue weighted by Crippen LogP contribution is 2.22. The normalized spacial score (nSPS) is 17.9. The van der Waals surface area contributed by atoms with E-state index in [0.717, 1.165) is 12.8 Å². The van der Waals surface area contributed by atoms with Crippen LogP contribution in [0.1, 0.15) is 30.3 Å². The summed E-state index contributed by atoms with van der Waals surface area (Å²) in [7, 11) is -1.90. The summed E-state index contributed by atoms with van der Waals surface area (Å²) < 4.78 is 27.8. The summed E-state index contributed by atoms with van der Waals surface area (Å²) in [5, 5.41) is 11.7. The topological polar surface area (TPSA) is 91.6 Å². The molecule has 0 bridgehead atoms. The maximum atomic E-state index is 12.4. The van der Waals surface area contributed by atoms with Crippen LogP contribution in [0.2, 0.25) is 0 Å². The Morgan fingerprint density at radius 1 is 1.43 bits per heavy atom. The smallest absolute Gasteiger partial charge is 0.268 e. The minimum Gasteiger partial charge on any atom is -0.392 e. The van der Waals surface area contributed by atoms with E-state index in [-0.39, 0.29) is 17.1 Å². The van der Waals surface area contributed by atoms with E-state index in [1.54, 1.807) is 14.0 Å². The lowest BCUT2D eigenvalue weighted by molar-refractivity contribution is 0.0916. The molecule has 21 heavy (non-hydrogen) atoms. The molecule has 1 fully saturated rings. The number of nitrogens with zero attached hydrogens (tertiary/aromatic N) is 2. The average Bonchev–Trinajstić information content (AvgIpc) is 3.05. The Morgan fingerprint density at radius 2 is 2.05 bits per heavy atom. The van der Waals surface area contributed by atoms with Gasteiger partial charge in [-0.15, -0.1) is 0 Å². The molecule has 0 spiro atoms. The minimum atomic E-state index is -3.52. The molecule has 1 atom stereocenters. The van der Waals surface area contributed by atoms with Gasteiger partial charge in [0.1, 0.15) is 10.6 Å². The van der Waals surface area contributed by atoms with Gasteiger partial charge < -0.3 is 15.0 Å². The van der Waals surface area contributed by atoms with Gasteiger partial charge in [0.05, 0.1) is 6.10 Å². The van der Waals surface area contributed by atoms with Crippen LogP contribution in [-0.2, 0) is 17.1 Å². The first-order valence-electron chi connectivity index (χ1n) is 6.95. The van der Waals surface area contributed by atoms with Gasteiger partial charge in [0.25, 0.3) is 5.91 Å². The van der Waals surface area contributed by atoms with Crippen LogP contribution in [0.3, 0.4) is 0 Å². The average molecular weight is 315 g/mol. The largest absolute Gasteiger partial charge is 0.392 e. The van der Waals surface area contributed by atoms with Crippen LogP contribution in [-0.4, -0.2) is 54.0 Å². The van der Waals surface area contributed by atoms with E-state index in [9.17, 15) is 18.3 Å². The van der Waals surface area contributed by atoms with E-state index in [1.807, 2.05) is 0 Å². The van der Waals surface area contributed by atoms with E-state index in [1.165, 1.54) is 21.1 Å². The molecular weight excluding hydrogens is 294 g/mol. The van der Waals surface area contributed by atoms with Crippen molar-refractivity contribution in [1.82, 2.24) is 14.2 Å². The molecule has 118 valence electrons. The second-order valence-electron chi connectivity index (χ2n) is 5.34. The number of carbonyl (C=O) groups excluding carboxylic acids is 1. The summed E-state index contributed by atoms with van der Waals surface area (Å²) in [6.45, 7) is 2.74. The zero-order valence-corrected chi connectivity index (χ0v) is 13.1. The van der Waals surface area contributed by atoms with Crippen LogP contribution >= 0.6 is 0 Å². The number of carbonyl (C=O) groups is 1. The van der Waals surface area contributed by atoms with Crippen molar-refractivity contribution in [2.45, 2.75) is 30.8 Å². The molecule has 2 heterocycles. The molecule has 0 saturated carbocycles. The first-order chi connectivity index (χ1) is 9.82. The number of aliphatic hydroxyl groups is 1. The highest BCUT2D eigenvalue weighted by molar-refractivity contribution is 7.89. The highest BCUT2D eigenvalue weighted by atomic mass is 32.2. The van der Waals surface area contributed by atoms with Crippen molar-refractivity contribution < 1.29 is 18.3 Å². The molecule has 1 saturated heterocycles. The van der Waals surface area contributed by atoms with Gasteiger partial charge >= 0.3 is 0 Å². The fourth-order valence-electron chi connectivity index (χ4n) is 2.31. The zero-order chi connectivity index (χ0) is 15.6. The highest BCUT2D eigenvalue weighted by Gasteiger charge is 2.29. The van der Waals surface area contributed by atoms with Crippen molar-refractivity contribution in [2.24, 2.45) is 7.05 Å². The summed E-state index contributed by atoms with van der Waals surface area (Å²) in [5.41, 5.74) is 0.258. The number of hydrogen-bond acceptors (Lipinski definition) is 4. The molecule has 1 aliphatic heterocycles. The first-order valence-corrected chi connectivity index (χ1v) is 8.39. The van der Waals surface area contributed by atoms with Gasteiger partial charge in [-0.2, -0.15) is 4.31 Å². The molecule has 1 aromatic rings. The predicted molar refractivity (Wildman–Crippen MR) is 77.4 cm³/mol. The molecule has 7 nitrogen and oxygen atoms in total. The molecule has 2 N–H and O–H groups in total. The molecule has 1 aliphatic rings. The molecule has 8 heteroatoms. The molecule has 1 aromatic heterocycles. The van der Waals surface area contributed by atoms with Crippen molar-refractivity contribution in [2.75, 3.05) is 19.6 Å². The monoisotopic (exact) mass is 315 g/mol. The van der Waals surface area contributed by atoms with Crippen LogP contribution in [0, 0.1) is 0 Å². The molecule has 0 radical (unpaired) electrons. The van der Waals surface area contributed by atoms with Crippen molar-refractivity contribution in [3.05, 3.63) is 18.0 Å². The number of aromatic nitrogens is 1. The standard InChI is InChI=1S/C13H21N3O4S/c1-10(17)8-14-13(18)12-7-11(9-15(12)2)21(19,20)16-5-3-4-6-16/h7,9-10,17H,3-6,8H2,1-2H3,(H,14,18)/t10-/m0/s1. The van der Waals surface area contributed by atoms with Gasteiger partial charge in [0.15, 0.2) is 0 Å². The fourth-order valence-corrected chi connectivity index (χ4v) is 3.90. The van der Waals surface area contributed by atoms with Gasteiger partial charge in [-0.05, 0) is 25.8 Å². The number of hydrogen-bond donors (Lipinski definition) is 2. The minimum absolute atomic E-state index is 0.123. The number of aryl methyl sites for hydroxylation is 1. The lowest BCUT2D eigenvalue weighted by Crippen LogP contribution is -2.31. The molecule has 0 unspecified atom stereocenters. The van der Waals surface area contributed by atoms with E-state index >= 15 is 0 Å². The van der Waals surface area contributed by atoms with Gasteiger partial charge in [0.2, 0.25) is 10.0 Å². The van der Waals surface area contributed by atoms with E-state index < -0.39 is 22.0 Å². The van der Waals surface area contributed by atoms with Crippen molar-refractivity contribution in [3.63, 3.8) is 0 Å². The Morgan fingerprint density at radius 3 is 2.62 bits per heavy atom. The molecule has 0 aromatic carbocycles. The summed E-state index contributed by atoms with van der Waals surface area (Å²) in [6.07, 6.45) is 2.54.